The van der Waals surface area contributed by atoms with Crippen LogP contribution >= 0.6 is 15.9 Å². The van der Waals surface area contributed by atoms with Gasteiger partial charge in [0, 0.05) is 6.20 Å². The number of nitrogens with zero attached hydrogens (tertiary/aromatic N) is 3. The van der Waals surface area contributed by atoms with Crippen molar-refractivity contribution in [3.8, 4) is 17.7 Å². The average molecular weight is 250 g/mol. The molecule has 5 heteroatoms. The molecule has 2 aromatic rings. The van der Waals surface area contributed by atoms with Crippen molar-refractivity contribution in [1.29, 1.82) is 5.26 Å². The first-order chi connectivity index (χ1) is 6.81. The van der Waals surface area contributed by atoms with Gasteiger partial charge in [-0.15, -0.1) is 0 Å². The number of oxazole rings is 1. The van der Waals surface area contributed by atoms with E-state index >= 15 is 0 Å². The number of rotatable bonds is 1. The molecule has 0 radical (unpaired) electrons. The molecule has 0 spiro atoms. The number of nitriles is 1. The SMILES string of the molecule is N#Cc1nc(-c2ccccn2)oc1Br. The minimum absolute atomic E-state index is 0.227. The van der Waals surface area contributed by atoms with Gasteiger partial charge in [0.2, 0.25) is 10.6 Å². The molecule has 0 fully saturated rings. The highest BCUT2D eigenvalue weighted by atomic mass is 79.9. The van der Waals surface area contributed by atoms with Crippen molar-refractivity contribution in [2.75, 3.05) is 0 Å². The molecule has 2 heterocycles. The van der Waals surface area contributed by atoms with E-state index in [0.717, 1.165) is 0 Å². The molecule has 4 nitrogen and oxygen atoms in total. The van der Waals surface area contributed by atoms with Crippen LogP contribution in [0.3, 0.4) is 0 Å². The highest BCUT2D eigenvalue weighted by Crippen LogP contribution is 2.23. The van der Waals surface area contributed by atoms with E-state index in [1.54, 1.807) is 18.3 Å². The maximum Gasteiger partial charge on any atom is 0.247 e. The summed E-state index contributed by atoms with van der Waals surface area (Å²) in [6.07, 6.45) is 1.64. The van der Waals surface area contributed by atoms with Crippen LogP contribution in [0.25, 0.3) is 11.6 Å². The van der Waals surface area contributed by atoms with E-state index in [4.69, 9.17) is 9.68 Å². The molecule has 0 unspecified atom stereocenters. The minimum atomic E-state index is 0.227. The zero-order valence-electron chi connectivity index (χ0n) is 6.94. The smallest absolute Gasteiger partial charge is 0.247 e. The second-order valence-corrected chi connectivity index (χ2v) is 3.19. The van der Waals surface area contributed by atoms with Gasteiger partial charge in [-0.1, -0.05) is 6.07 Å². The normalized spacial score (nSPS) is 9.71. The summed E-state index contributed by atoms with van der Waals surface area (Å²) in [4.78, 5) is 8.01. The first-order valence-corrected chi connectivity index (χ1v) is 4.58. The zero-order valence-corrected chi connectivity index (χ0v) is 8.52. The van der Waals surface area contributed by atoms with E-state index in [1.807, 2.05) is 12.1 Å². The van der Waals surface area contributed by atoms with E-state index in [9.17, 15) is 0 Å². The lowest BCUT2D eigenvalue weighted by atomic mass is 10.3. The topological polar surface area (TPSA) is 62.7 Å². The van der Waals surface area contributed by atoms with Crippen LogP contribution in [0, 0.1) is 11.3 Å². The lowest BCUT2D eigenvalue weighted by molar-refractivity contribution is 0.546. The summed E-state index contributed by atoms with van der Waals surface area (Å²) >= 11 is 3.10. The van der Waals surface area contributed by atoms with Crippen LogP contribution in [0.1, 0.15) is 5.69 Å². The molecule has 0 amide bonds. The summed E-state index contributed by atoms with van der Waals surface area (Å²) in [5.41, 5.74) is 0.834. The highest BCUT2D eigenvalue weighted by Gasteiger charge is 2.11. The zero-order chi connectivity index (χ0) is 9.97. The first-order valence-electron chi connectivity index (χ1n) is 3.79. The van der Waals surface area contributed by atoms with Crippen molar-refractivity contribution in [2.24, 2.45) is 0 Å². The van der Waals surface area contributed by atoms with Gasteiger partial charge in [-0.3, -0.25) is 4.98 Å². The number of pyridine rings is 1. The van der Waals surface area contributed by atoms with E-state index in [2.05, 4.69) is 25.9 Å². The number of hydrogen-bond acceptors (Lipinski definition) is 4. The highest BCUT2D eigenvalue weighted by molar-refractivity contribution is 9.10. The molecule has 0 aromatic carbocycles. The quantitative estimate of drug-likeness (QED) is 0.779. The Balaban J connectivity index is 2.50. The Morgan fingerprint density at radius 3 is 2.86 bits per heavy atom. The summed E-state index contributed by atoms with van der Waals surface area (Å²) in [5, 5.41) is 8.66. The largest absolute Gasteiger partial charge is 0.426 e. The van der Waals surface area contributed by atoms with Gasteiger partial charge in [-0.05, 0) is 28.1 Å². The molecule has 0 atom stereocenters. The molecule has 2 rings (SSSR count). The number of hydrogen-bond donors (Lipinski definition) is 0. The van der Waals surface area contributed by atoms with Gasteiger partial charge >= 0.3 is 0 Å². The summed E-state index contributed by atoms with van der Waals surface area (Å²) in [7, 11) is 0. The lowest BCUT2D eigenvalue weighted by Crippen LogP contribution is -1.81. The Labute approximate surface area is 88.3 Å². The summed E-state index contributed by atoms with van der Waals surface area (Å²) in [6.45, 7) is 0. The fraction of sp³-hybridized carbons (Fsp3) is 0. The van der Waals surface area contributed by atoms with Gasteiger partial charge < -0.3 is 4.42 Å². The maximum absolute atomic E-state index is 8.66. The van der Waals surface area contributed by atoms with Crippen LogP contribution < -0.4 is 0 Å². The fourth-order valence-electron chi connectivity index (χ4n) is 0.969. The molecule has 14 heavy (non-hydrogen) atoms. The Hall–Kier alpha value is -1.67. The molecule has 68 valence electrons. The predicted molar refractivity (Wildman–Crippen MR) is 52.1 cm³/mol. The van der Waals surface area contributed by atoms with Gasteiger partial charge in [0.05, 0.1) is 0 Å². The van der Waals surface area contributed by atoms with E-state index in [0.29, 0.717) is 16.3 Å². The molecule has 0 aliphatic carbocycles. The van der Waals surface area contributed by atoms with Gasteiger partial charge in [-0.25, -0.2) is 0 Å². The van der Waals surface area contributed by atoms with Gasteiger partial charge in [-0.2, -0.15) is 10.2 Å². The third-order valence-electron chi connectivity index (χ3n) is 1.58. The van der Waals surface area contributed by atoms with Gasteiger partial charge in [0.25, 0.3) is 0 Å². The monoisotopic (exact) mass is 249 g/mol. The molecule has 2 aromatic heterocycles. The molecule has 0 N–H and O–H groups in total. The Kier molecular flexibility index (Phi) is 2.29. The second kappa shape index (κ2) is 3.60. The van der Waals surface area contributed by atoms with Crippen LogP contribution in [-0.2, 0) is 0 Å². The van der Waals surface area contributed by atoms with E-state index in [1.165, 1.54) is 0 Å². The average Bonchev–Trinajstić information content (AvgIpc) is 2.61. The van der Waals surface area contributed by atoms with Crippen molar-refractivity contribution in [1.82, 2.24) is 9.97 Å². The van der Waals surface area contributed by atoms with Crippen molar-refractivity contribution < 1.29 is 4.42 Å². The number of aromatic nitrogens is 2. The Morgan fingerprint density at radius 2 is 2.29 bits per heavy atom. The molecule has 0 saturated heterocycles. The van der Waals surface area contributed by atoms with E-state index in [-0.39, 0.29) is 5.69 Å². The maximum atomic E-state index is 8.66. The first kappa shape index (κ1) is 8.91. The standard InChI is InChI=1S/C9H4BrN3O/c10-8-7(5-11)13-9(14-8)6-3-1-2-4-12-6/h1-4H. The fourth-order valence-corrected chi connectivity index (χ4v) is 1.30. The van der Waals surface area contributed by atoms with Gasteiger partial charge in [0.15, 0.2) is 5.69 Å². The van der Waals surface area contributed by atoms with Crippen molar-refractivity contribution in [3.05, 3.63) is 34.8 Å². The summed E-state index contributed by atoms with van der Waals surface area (Å²) < 4.78 is 5.55. The third-order valence-corrected chi connectivity index (χ3v) is 2.11. The molecule has 0 aliphatic heterocycles. The summed E-state index contributed by atoms with van der Waals surface area (Å²) in [5.74, 6) is 0.342. The van der Waals surface area contributed by atoms with E-state index < -0.39 is 0 Å². The Morgan fingerprint density at radius 1 is 1.43 bits per heavy atom. The second-order valence-electron chi connectivity index (χ2n) is 2.47. The molecular formula is C9H4BrN3O. The van der Waals surface area contributed by atoms with Crippen LogP contribution in [0.4, 0.5) is 0 Å². The van der Waals surface area contributed by atoms with Crippen molar-refractivity contribution in [3.63, 3.8) is 0 Å². The molecule has 0 bridgehead atoms. The molecule has 0 saturated carbocycles. The van der Waals surface area contributed by atoms with Crippen LogP contribution in [-0.4, -0.2) is 9.97 Å². The number of halogens is 1. The van der Waals surface area contributed by atoms with Crippen molar-refractivity contribution >= 4 is 15.9 Å². The Bertz CT molecular complexity index is 487. The van der Waals surface area contributed by atoms with Crippen LogP contribution in [0.2, 0.25) is 0 Å². The molecule has 0 aliphatic rings. The third kappa shape index (κ3) is 1.52. The van der Waals surface area contributed by atoms with Gasteiger partial charge in [0.1, 0.15) is 11.8 Å². The summed E-state index contributed by atoms with van der Waals surface area (Å²) in [6, 6.07) is 7.29. The molecular weight excluding hydrogens is 246 g/mol. The van der Waals surface area contributed by atoms with Crippen LogP contribution in [0.15, 0.2) is 33.5 Å². The predicted octanol–water partition coefficient (Wildman–Crippen LogP) is 2.37. The van der Waals surface area contributed by atoms with Crippen LogP contribution in [0.5, 0.6) is 0 Å². The minimum Gasteiger partial charge on any atom is -0.426 e. The van der Waals surface area contributed by atoms with Crippen molar-refractivity contribution in [2.45, 2.75) is 0 Å². The lowest BCUT2D eigenvalue weighted by Gasteiger charge is -1.90.